The molecule has 2 aliphatic heterocycles. The first-order valence-corrected chi connectivity index (χ1v) is 8.94. The highest BCUT2D eigenvalue weighted by atomic mass is 16.7. The minimum atomic E-state index is -0.507. The Bertz CT molecular complexity index is 700. The number of nitrogens with one attached hydrogen (secondary N) is 2. The SMILES string of the molecule is C[C@H](Nc1ccc2c(c1)OC1(CCCCC1)O2)C(=O)N1CCNC1=O. The summed E-state index contributed by atoms with van der Waals surface area (Å²) in [6, 6.07) is 4.78. The summed E-state index contributed by atoms with van der Waals surface area (Å²) in [4.78, 5) is 25.2. The number of ether oxygens (including phenoxy) is 2. The molecule has 2 fully saturated rings. The topological polar surface area (TPSA) is 79.9 Å². The summed E-state index contributed by atoms with van der Waals surface area (Å²) < 4.78 is 12.2. The molecule has 25 heavy (non-hydrogen) atoms. The summed E-state index contributed by atoms with van der Waals surface area (Å²) in [6.07, 6.45) is 5.26. The van der Waals surface area contributed by atoms with Gasteiger partial charge in [0.25, 0.3) is 11.7 Å². The Labute approximate surface area is 146 Å². The summed E-state index contributed by atoms with van der Waals surface area (Å²) in [5.41, 5.74) is 0.774. The molecule has 2 N–H and O–H groups in total. The normalized spacial score (nSPS) is 22.0. The minimum Gasteiger partial charge on any atom is -0.448 e. The van der Waals surface area contributed by atoms with Crippen molar-refractivity contribution in [2.75, 3.05) is 18.4 Å². The van der Waals surface area contributed by atoms with Crippen molar-refractivity contribution >= 4 is 17.6 Å². The van der Waals surface area contributed by atoms with Crippen molar-refractivity contribution in [3.8, 4) is 11.5 Å². The number of anilines is 1. The van der Waals surface area contributed by atoms with Crippen molar-refractivity contribution in [1.29, 1.82) is 0 Å². The standard InChI is InChI=1S/C18H23N3O4/c1-12(16(22)21-10-9-19-17(21)23)20-13-5-6-14-15(11-13)25-18(24-14)7-3-2-4-8-18/h5-6,11-12,20H,2-4,7-10H2,1H3,(H,19,23)/t12-/m0/s1. The summed E-state index contributed by atoms with van der Waals surface area (Å²) in [7, 11) is 0. The van der Waals surface area contributed by atoms with Crippen molar-refractivity contribution in [2.45, 2.75) is 50.9 Å². The molecule has 1 saturated heterocycles. The van der Waals surface area contributed by atoms with Gasteiger partial charge in [-0.05, 0) is 31.9 Å². The highest BCUT2D eigenvalue weighted by Crippen LogP contribution is 2.46. The minimum absolute atomic E-state index is 0.239. The predicted molar refractivity (Wildman–Crippen MR) is 91.7 cm³/mol. The van der Waals surface area contributed by atoms with Crippen LogP contribution in [0.2, 0.25) is 0 Å². The number of carbonyl (C=O) groups is 2. The summed E-state index contributed by atoms with van der Waals surface area (Å²) >= 11 is 0. The van der Waals surface area contributed by atoms with Crippen LogP contribution in [0.3, 0.4) is 0 Å². The van der Waals surface area contributed by atoms with Crippen LogP contribution < -0.4 is 20.1 Å². The second-order valence-electron chi connectivity index (χ2n) is 6.92. The van der Waals surface area contributed by atoms with Gasteiger partial charge in [0.1, 0.15) is 6.04 Å². The van der Waals surface area contributed by atoms with Gasteiger partial charge in [-0.1, -0.05) is 6.42 Å². The average Bonchev–Trinajstić information content (AvgIpc) is 3.17. The van der Waals surface area contributed by atoms with Crippen LogP contribution in [0.5, 0.6) is 11.5 Å². The number of urea groups is 1. The number of nitrogens with zero attached hydrogens (tertiary/aromatic N) is 1. The van der Waals surface area contributed by atoms with Crippen molar-refractivity contribution in [1.82, 2.24) is 10.2 Å². The summed E-state index contributed by atoms with van der Waals surface area (Å²) in [6.45, 7) is 2.66. The average molecular weight is 345 g/mol. The van der Waals surface area contributed by atoms with Crippen LogP contribution in [0, 0.1) is 0 Å². The van der Waals surface area contributed by atoms with Crippen LogP contribution in [0.15, 0.2) is 18.2 Å². The predicted octanol–water partition coefficient (Wildman–Crippen LogP) is 2.47. The van der Waals surface area contributed by atoms with Crippen LogP contribution >= 0.6 is 0 Å². The molecule has 1 aromatic rings. The fourth-order valence-corrected chi connectivity index (χ4v) is 3.71. The molecule has 1 aliphatic carbocycles. The molecule has 1 spiro atoms. The molecule has 0 unspecified atom stereocenters. The van der Waals surface area contributed by atoms with Gasteiger partial charge in [-0.2, -0.15) is 0 Å². The van der Waals surface area contributed by atoms with E-state index < -0.39 is 11.8 Å². The van der Waals surface area contributed by atoms with Gasteiger partial charge in [-0.15, -0.1) is 0 Å². The first kappa shape index (κ1) is 16.1. The molecular formula is C18H23N3O4. The van der Waals surface area contributed by atoms with Crippen molar-refractivity contribution in [3.05, 3.63) is 18.2 Å². The van der Waals surface area contributed by atoms with Gasteiger partial charge in [0.2, 0.25) is 0 Å². The number of amides is 3. The third-order valence-corrected chi connectivity index (χ3v) is 5.03. The molecule has 1 atom stereocenters. The van der Waals surface area contributed by atoms with E-state index in [2.05, 4.69) is 10.6 Å². The third kappa shape index (κ3) is 2.99. The zero-order chi connectivity index (χ0) is 17.4. The van der Waals surface area contributed by atoms with Crippen molar-refractivity contribution in [3.63, 3.8) is 0 Å². The fourth-order valence-electron chi connectivity index (χ4n) is 3.71. The first-order valence-electron chi connectivity index (χ1n) is 8.94. The van der Waals surface area contributed by atoms with Gasteiger partial charge >= 0.3 is 6.03 Å². The molecule has 7 nitrogen and oxygen atoms in total. The number of benzene rings is 1. The molecular weight excluding hydrogens is 322 g/mol. The molecule has 134 valence electrons. The van der Waals surface area contributed by atoms with E-state index in [9.17, 15) is 9.59 Å². The molecule has 0 aromatic heterocycles. The number of fused-ring (bicyclic) bond motifs is 1. The van der Waals surface area contributed by atoms with E-state index in [0.717, 1.165) is 37.1 Å². The number of hydrogen-bond donors (Lipinski definition) is 2. The van der Waals surface area contributed by atoms with E-state index in [-0.39, 0.29) is 11.9 Å². The van der Waals surface area contributed by atoms with Gasteiger partial charge in [0.15, 0.2) is 11.5 Å². The maximum atomic E-state index is 12.4. The molecule has 7 heteroatoms. The lowest BCUT2D eigenvalue weighted by Gasteiger charge is -2.31. The third-order valence-electron chi connectivity index (χ3n) is 5.03. The quantitative estimate of drug-likeness (QED) is 0.880. The van der Waals surface area contributed by atoms with E-state index in [4.69, 9.17) is 9.47 Å². The van der Waals surface area contributed by atoms with E-state index >= 15 is 0 Å². The molecule has 0 radical (unpaired) electrons. The van der Waals surface area contributed by atoms with E-state index in [1.165, 1.54) is 11.3 Å². The summed E-state index contributed by atoms with van der Waals surface area (Å²) in [5, 5.41) is 5.79. The molecule has 1 aromatic carbocycles. The second kappa shape index (κ2) is 6.13. The van der Waals surface area contributed by atoms with Crippen LogP contribution in [0.4, 0.5) is 10.5 Å². The Morgan fingerprint density at radius 1 is 1.24 bits per heavy atom. The Morgan fingerprint density at radius 2 is 2.00 bits per heavy atom. The lowest BCUT2D eigenvalue weighted by Crippen LogP contribution is -2.43. The Balaban J connectivity index is 1.44. The maximum absolute atomic E-state index is 12.4. The lowest BCUT2D eigenvalue weighted by atomic mass is 9.94. The van der Waals surface area contributed by atoms with Gasteiger partial charge in [-0.25, -0.2) is 4.79 Å². The number of carbonyl (C=O) groups excluding carboxylic acids is 2. The van der Waals surface area contributed by atoms with Gasteiger partial charge in [0, 0.05) is 37.7 Å². The van der Waals surface area contributed by atoms with Gasteiger partial charge in [0.05, 0.1) is 0 Å². The Kier molecular flexibility index (Phi) is 3.94. The number of imide groups is 1. The Morgan fingerprint density at radius 3 is 2.72 bits per heavy atom. The number of rotatable bonds is 3. The van der Waals surface area contributed by atoms with Crippen LogP contribution in [-0.4, -0.2) is 41.8 Å². The zero-order valence-electron chi connectivity index (χ0n) is 14.3. The summed E-state index contributed by atoms with van der Waals surface area (Å²) in [5.74, 6) is 0.723. The monoisotopic (exact) mass is 345 g/mol. The number of hydrogen-bond acceptors (Lipinski definition) is 5. The molecule has 2 heterocycles. The smallest absolute Gasteiger partial charge is 0.324 e. The van der Waals surface area contributed by atoms with E-state index in [1.807, 2.05) is 18.2 Å². The van der Waals surface area contributed by atoms with Crippen LogP contribution in [0.25, 0.3) is 0 Å². The van der Waals surface area contributed by atoms with Crippen molar-refractivity contribution in [2.24, 2.45) is 0 Å². The Hall–Kier alpha value is -2.44. The molecule has 4 rings (SSSR count). The highest BCUT2D eigenvalue weighted by molar-refractivity contribution is 5.99. The van der Waals surface area contributed by atoms with Crippen LogP contribution in [-0.2, 0) is 4.79 Å². The lowest BCUT2D eigenvalue weighted by molar-refractivity contribution is -0.128. The van der Waals surface area contributed by atoms with Crippen molar-refractivity contribution < 1.29 is 19.1 Å². The van der Waals surface area contributed by atoms with E-state index in [0.29, 0.717) is 18.8 Å². The molecule has 3 amide bonds. The first-order chi connectivity index (χ1) is 12.1. The largest absolute Gasteiger partial charge is 0.448 e. The van der Waals surface area contributed by atoms with Crippen LogP contribution in [0.1, 0.15) is 39.0 Å². The fraction of sp³-hybridized carbons (Fsp3) is 0.556. The van der Waals surface area contributed by atoms with Gasteiger partial charge in [-0.3, -0.25) is 9.69 Å². The molecule has 0 bridgehead atoms. The zero-order valence-corrected chi connectivity index (χ0v) is 14.3. The second-order valence-corrected chi connectivity index (χ2v) is 6.92. The maximum Gasteiger partial charge on any atom is 0.324 e. The molecule has 1 saturated carbocycles. The van der Waals surface area contributed by atoms with Gasteiger partial charge < -0.3 is 20.1 Å². The highest BCUT2D eigenvalue weighted by Gasteiger charge is 2.42. The van der Waals surface area contributed by atoms with E-state index in [1.54, 1.807) is 6.92 Å². The molecule has 3 aliphatic rings.